The lowest BCUT2D eigenvalue weighted by Crippen LogP contribution is -2.35. The largest absolute Gasteiger partial charge is 0.387 e. The number of hydrogen-bond donors (Lipinski definition) is 1. The van der Waals surface area contributed by atoms with Gasteiger partial charge in [-0.2, -0.15) is 0 Å². The summed E-state index contributed by atoms with van der Waals surface area (Å²) in [5.74, 6) is 1.32. The van der Waals surface area contributed by atoms with E-state index in [1.54, 1.807) is 22.4 Å². The summed E-state index contributed by atoms with van der Waals surface area (Å²) in [5.41, 5.74) is 8.02. The fraction of sp³-hybridized carbons (Fsp3) is 0.583. The van der Waals surface area contributed by atoms with Crippen molar-refractivity contribution in [1.82, 2.24) is 10.2 Å². The van der Waals surface area contributed by atoms with Gasteiger partial charge in [0.15, 0.2) is 0 Å². The van der Waals surface area contributed by atoms with E-state index in [2.05, 4.69) is 40.7 Å². The summed E-state index contributed by atoms with van der Waals surface area (Å²) in [5, 5.41) is 3.49. The fourth-order valence-electron chi connectivity index (χ4n) is 6.38. The van der Waals surface area contributed by atoms with E-state index in [1.165, 1.54) is 50.6 Å². The Morgan fingerprint density at radius 1 is 1.15 bits per heavy atom. The molecule has 4 heterocycles. The highest BCUT2D eigenvalue weighted by Crippen LogP contribution is 2.55. The average molecular weight is 363 g/mol. The topological polar surface area (TPSA) is 24.5 Å². The first kappa shape index (κ1) is 16.2. The van der Waals surface area contributed by atoms with Crippen molar-refractivity contribution in [2.75, 3.05) is 13.2 Å². The highest BCUT2D eigenvalue weighted by atomic mass is 16.5. The Morgan fingerprint density at radius 2 is 2.15 bits per heavy atom. The minimum absolute atomic E-state index is 0.495. The SMILES string of the molecule is C1=CC2=CCC3=C4C(CCC3CC3CCCO3)C3=CNCC=C3N4C2CC1. The van der Waals surface area contributed by atoms with Crippen molar-refractivity contribution in [3.8, 4) is 0 Å². The van der Waals surface area contributed by atoms with E-state index >= 15 is 0 Å². The minimum atomic E-state index is 0.495. The molecule has 6 rings (SSSR count). The van der Waals surface area contributed by atoms with Crippen molar-refractivity contribution in [1.29, 1.82) is 0 Å². The Balaban J connectivity index is 1.45. The molecule has 2 fully saturated rings. The molecule has 0 bridgehead atoms. The first-order valence-corrected chi connectivity index (χ1v) is 11.0. The van der Waals surface area contributed by atoms with Crippen LogP contribution in [0.3, 0.4) is 0 Å². The molecule has 0 aromatic heterocycles. The van der Waals surface area contributed by atoms with Crippen LogP contribution in [0.15, 0.2) is 58.6 Å². The summed E-state index contributed by atoms with van der Waals surface area (Å²) in [7, 11) is 0. The molecule has 0 amide bonds. The third-order valence-electron chi connectivity index (χ3n) is 7.56. The van der Waals surface area contributed by atoms with Crippen LogP contribution in [0, 0.1) is 11.8 Å². The summed E-state index contributed by atoms with van der Waals surface area (Å²) in [6.07, 6.45) is 22.6. The lowest BCUT2D eigenvalue weighted by molar-refractivity contribution is 0.0901. The van der Waals surface area contributed by atoms with Gasteiger partial charge in [-0.05, 0) is 74.5 Å². The predicted molar refractivity (Wildman–Crippen MR) is 108 cm³/mol. The molecule has 4 aliphatic heterocycles. The third-order valence-corrected chi connectivity index (χ3v) is 7.56. The molecule has 3 heteroatoms. The molecule has 2 aliphatic carbocycles. The monoisotopic (exact) mass is 362 g/mol. The third kappa shape index (κ3) is 2.51. The molecule has 3 nitrogen and oxygen atoms in total. The number of ether oxygens (including phenoxy) is 1. The summed E-state index contributed by atoms with van der Waals surface area (Å²) >= 11 is 0. The van der Waals surface area contributed by atoms with Crippen LogP contribution in [0.1, 0.15) is 51.4 Å². The van der Waals surface area contributed by atoms with Crippen molar-refractivity contribution in [2.45, 2.75) is 63.5 Å². The smallest absolute Gasteiger partial charge is 0.0588 e. The Morgan fingerprint density at radius 3 is 3.07 bits per heavy atom. The van der Waals surface area contributed by atoms with E-state index in [4.69, 9.17) is 4.74 Å². The van der Waals surface area contributed by atoms with Gasteiger partial charge in [0, 0.05) is 42.2 Å². The zero-order valence-electron chi connectivity index (χ0n) is 16.1. The van der Waals surface area contributed by atoms with Crippen LogP contribution in [-0.2, 0) is 4.74 Å². The van der Waals surface area contributed by atoms with Gasteiger partial charge < -0.3 is 15.0 Å². The molecule has 1 N–H and O–H groups in total. The number of hydrogen-bond acceptors (Lipinski definition) is 3. The number of nitrogens with one attached hydrogen (secondary N) is 1. The summed E-state index contributed by atoms with van der Waals surface area (Å²) in [6.45, 7) is 1.94. The van der Waals surface area contributed by atoms with Gasteiger partial charge in [-0.3, -0.25) is 0 Å². The van der Waals surface area contributed by atoms with Crippen LogP contribution in [0.2, 0.25) is 0 Å². The highest BCUT2D eigenvalue weighted by Gasteiger charge is 2.47. The van der Waals surface area contributed by atoms with Gasteiger partial charge in [-0.1, -0.05) is 18.2 Å². The first-order chi connectivity index (χ1) is 13.4. The van der Waals surface area contributed by atoms with E-state index in [1.807, 2.05) is 0 Å². The van der Waals surface area contributed by atoms with E-state index in [0.717, 1.165) is 19.6 Å². The van der Waals surface area contributed by atoms with Crippen LogP contribution in [0.25, 0.3) is 0 Å². The van der Waals surface area contributed by atoms with Gasteiger partial charge in [0.05, 0.1) is 12.1 Å². The molecule has 27 heavy (non-hydrogen) atoms. The fourth-order valence-corrected chi connectivity index (χ4v) is 6.38. The maximum Gasteiger partial charge on any atom is 0.0588 e. The maximum atomic E-state index is 6.03. The van der Waals surface area contributed by atoms with Gasteiger partial charge >= 0.3 is 0 Å². The minimum Gasteiger partial charge on any atom is -0.387 e. The number of rotatable bonds is 2. The average Bonchev–Trinajstić information content (AvgIpc) is 3.29. The summed E-state index contributed by atoms with van der Waals surface area (Å²) < 4.78 is 6.03. The second kappa shape index (κ2) is 6.41. The van der Waals surface area contributed by atoms with Crippen molar-refractivity contribution in [3.05, 3.63) is 58.6 Å². The zero-order valence-corrected chi connectivity index (χ0v) is 16.1. The number of fused-ring (bicyclic) bond motifs is 5. The van der Waals surface area contributed by atoms with Gasteiger partial charge in [0.2, 0.25) is 0 Å². The predicted octanol–water partition coefficient (Wildman–Crippen LogP) is 4.57. The van der Waals surface area contributed by atoms with Gasteiger partial charge in [-0.15, -0.1) is 0 Å². The second-order valence-corrected chi connectivity index (χ2v) is 8.98. The van der Waals surface area contributed by atoms with Crippen molar-refractivity contribution >= 4 is 0 Å². The molecule has 0 aromatic carbocycles. The molecule has 4 unspecified atom stereocenters. The van der Waals surface area contributed by atoms with Crippen molar-refractivity contribution < 1.29 is 4.74 Å². The molecular formula is C24H30N2O. The van der Waals surface area contributed by atoms with Crippen LogP contribution in [0.5, 0.6) is 0 Å². The molecule has 4 atom stereocenters. The van der Waals surface area contributed by atoms with Crippen molar-refractivity contribution in [2.24, 2.45) is 11.8 Å². The molecule has 0 saturated carbocycles. The van der Waals surface area contributed by atoms with E-state index < -0.39 is 0 Å². The molecule has 0 aromatic rings. The van der Waals surface area contributed by atoms with Crippen LogP contribution < -0.4 is 5.32 Å². The Labute approximate surface area is 162 Å². The van der Waals surface area contributed by atoms with Crippen LogP contribution in [-0.4, -0.2) is 30.2 Å². The van der Waals surface area contributed by atoms with Gasteiger partial charge in [0.1, 0.15) is 0 Å². The first-order valence-electron chi connectivity index (χ1n) is 11.0. The molecule has 0 spiro atoms. The molecule has 6 aliphatic rings. The quantitative estimate of drug-likeness (QED) is 0.779. The zero-order chi connectivity index (χ0) is 17.8. The molecule has 0 radical (unpaired) electrons. The van der Waals surface area contributed by atoms with Crippen molar-refractivity contribution in [3.63, 3.8) is 0 Å². The van der Waals surface area contributed by atoms with Crippen LogP contribution >= 0.6 is 0 Å². The van der Waals surface area contributed by atoms with Gasteiger partial charge in [-0.25, -0.2) is 0 Å². The molecule has 142 valence electrons. The number of nitrogens with zero attached hydrogens (tertiary/aromatic N) is 1. The normalized spacial score (nSPS) is 36.9. The van der Waals surface area contributed by atoms with Crippen LogP contribution in [0.4, 0.5) is 0 Å². The highest BCUT2D eigenvalue weighted by molar-refractivity contribution is 5.54. The Kier molecular flexibility index (Phi) is 3.85. The Bertz CT molecular complexity index is 793. The van der Waals surface area contributed by atoms with E-state index in [-0.39, 0.29) is 0 Å². The maximum absolute atomic E-state index is 6.03. The van der Waals surface area contributed by atoms with E-state index in [0.29, 0.717) is 24.0 Å². The standard InChI is InChI=1S/C24H30N2O/c1-2-6-22-16(4-1)7-9-19-17(14-18-5-3-13-27-18)8-10-20-21-15-25-12-11-23(21)26(22)24(19)20/h1,4,7,11,15,17-18,20,22,25H,2-3,5-6,8-10,12-14H2. The lowest BCUT2D eigenvalue weighted by atomic mass is 9.75. The summed E-state index contributed by atoms with van der Waals surface area (Å²) in [4.78, 5) is 2.77. The van der Waals surface area contributed by atoms with E-state index in [9.17, 15) is 0 Å². The Hall–Kier alpha value is -1.74. The summed E-state index contributed by atoms with van der Waals surface area (Å²) in [6, 6.07) is 0.543. The van der Waals surface area contributed by atoms with Gasteiger partial charge in [0.25, 0.3) is 0 Å². The molecule has 2 saturated heterocycles. The number of dihydropyridines is 1. The number of allylic oxidation sites excluding steroid dienone is 5. The second-order valence-electron chi connectivity index (χ2n) is 8.98. The molecular weight excluding hydrogens is 332 g/mol. The lowest BCUT2D eigenvalue weighted by Gasteiger charge is -2.38.